The zero-order valence-electron chi connectivity index (χ0n) is 12.8. The Morgan fingerprint density at radius 3 is 2.67 bits per heavy atom. The molecule has 1 aromatic carbocycles. The molecule has 1 aliphatic rings. The van der Waals surface area contributed by atoms with Crippen LogP contribution in [0.5, 0.6) is 0 Å². The molecule has 0 bridgehead atoms. The van der Waals surface area contributed by atoms with Crippen LogP contribution in [0.1, 0.15) is 43.7 Å². The molecule has 4 heteroatoms. The van der Waals surface area contributed by atoms with Crippen molar-refractivity contribution >= 4 is 11.8 Å². The number of hydrogen-bond acceptors (Lipinski definition) is 2. The second kappa shape index (κ2) is 7.25. The van der Waals surface area contributed by atoms with Gasteiger partial charge in [0, 0.05) is 12.6 Å². The normalized spacial score (nSPS) is 21.6. The molecule has 4 nitrogen and oxygen atoms in total. The average Bonchev–Trinajstić information content (AvgIpc) is 2.47. The molecule has 0 unspecified atom stereocenters. The van der Waals surface area contributed by atoms with Crippen molar-refractivity contribution in [3.05, 3.63) is 35.4 Å². The van der Waals surface area contributed by atoms with Gasteiger partial charge in [-0.05, 0) is 31.2 Å². The van der Waals surface area contributed by atoms with E-state index in [1.54, 1.807) is 0 Å². The number of rotatable bonds is 3. The van der Waals surface area contributed by atoms with Crippen molar-refractivity contribution in [2.75, 3.05) is 0 Å². The Bertz CT molecular complexity index is 513. The summed E-state index contributed by atoms with van der Waals surface area (Å²) in [6.07, 6.45) is 4.43. The molecule has 0 heterocycles. The van der Waals surface area contributed by atoms with Crippen LogP contribution < -0.4 is 10.6 Å². The van der Waals surface area contributed by atoms with Gasteiger partial charge in [0.15, 0.2) is 0 Å². The number of amides is 2. The highest BCUT2D eigenvalue weighted by atomic mass is 16.2. The Balaban J connectivity index is 1.81. The molecule has 1 fully saturated rings. The quantitative estimate of drug-likeness (QED) is 0.839. The van der Waals surface area contributed by atoms with Crippen molar-refractivity contribution in [1.82, 2.24) is 10.6 Å². The third-order valence-corrected chi connectivity index (χ3v) is 4.17. The van der Waals surface area contributed by atoms with Gasteiger partial charge in [0.1, 0.15) is 0 Å². The maximum absolute atomic E-state index is 11.9. The second-order valence-electron chi connectivity index (χ2n) is 6.01. The summed E-state index contributed by atoms with van der Waals surface area (Å²) in [5.74, 6) is -0.608. The molecule has 114 valence electrons. The van der Waals surface area contributed by atoms with Crippen LogP contribution in [0.4, 0.5) is 0 Å². The first-order chi connectivity index (χ1) is 10.1. The summed E-state index contributed by atoms with van der Waals surface area (Å²) < 4.78 is 0. The smallest absolute Gasteiger partial charge is 0.309 e. The molecular formula is C17H24N2O2. The van der Waals surface area contributed by atoms with E-state index in [2.05, 4.69) is 17.6 Å². The molecular weight excluding hydrogens is 264 g/mol. The van der Waals surface area contributed by atoms with Gasteiger partial charge in [0.05, 0.1) is 0 Å². The topological polar surface area (TPSA) is 58.2 Å². The third-order valence-electron chi connectivity index (χ3n) is 4.17. The van der Waals surface area contributed by atoms with Crippen LogP contribution in [-0.4, -0.2) is 17.9 Å². The summed E-state index contributed by atoms with van der Waals surface area (Å²) in [4.78, 5) is 23.8. The van der Waals surface area contributed by atoms with E-state index in [1.165, 1.54) is 6.42 Å². The van der Waals surface area contributed by atoms with Gasteiger partial charge in [-0.2, -0.15) is 0 Å². The SMILES string of the molecule is Cc1cccc(CNC(=O)C(=O)N[C@H]2CCCC[C@H]2C)c1. The predicted molar refractivity (Wildman–Crippen MR) is 82.6 cm³/mol. The standard InChI is InChI=1S/C17H24N2O2/c1-12-6-5-8-14(10-12)11-18-16(20)17(21)19-15-9-4-3-7-13(15)2/h5-6,8,10,13,15H,3-4,7,9,11H2,1-2H3,(H,18,20)(H,19,21)/t13-,15+/m1/s1. The van der Waals surface area contributed by atoms with Crippen molar-refractivity contribution in [2.45, 2.75) is 52.1 Å². The molecule has 1 aromatic rings. The predicted octanol–water partition coefficient (Wildman–Crippen LogP) is 2.31. The Hall–Kier alpha value is -1.84. The molecule has 0 spiro atoms. The number of nitrogens with one attached hydrogen (secondary N) is 2. The third kappa shape index (κ3) is 4.59. The zero-order valence-corrected chi connectivity index (χ0v) is 12.8. The number of carbonyl (C=O) groups is 2. The highest BCUT2D eigenvalue weighted by Gasteiger charge is 2.25. The summed E-state index contributed by atoms with van der Waals surface area (Å²) in [6.45, 7) is 4.52. The minimum atomic E-state index is -0.547. The second-order valence-corrected chi connectivity index (χ2v) is 6.01. The van der Waals surface area contributed by atoms with E-state index in [9.17, 15) is 9.59 Å². The maximum Gasteiger partial charge on any atom is 0.309 e. The Morgan fingerprint density at radius 2 is 1.95 bits per heavy atom. The van der Waals surface area contributed by atoms with E-state index < -0.39 is 11.8 Å². The molecule has 21 heavy (non-hydrogen) atoms. The molecule has 2 atom stereocenters. The molecule has 0 saturated heterocycles. The van der Waals surface area contributed by atoms with Gasteiger partial charge >= 0.3 is 11.8 Å². The Kier molecular flexibility index (Phi) is 5.37. The first-order valence-corrected chi connectivity index (χ1v) is 7.70. The molecule has 2 amide bonds. The van der Waals surface area contributed by atoms with E-state index in [-0.39, 0.29) is 6.04 Å². The molecule has 0 aromatic heterocycles. The van der Waals surface area contributed by atoms with Gasteiger partial charge in [-0.15, -0.1) is 0 Å². The number of hydrogen-bond donors (Lipinski definition) is 2. The first kappa shape index (κ1) is 15.5. The highest BCUT2D eigenvalue weighted by molar-refractivity contribution is 6.35. The molecule has 0 radical (unpaired) electrons. The van der Waals surface area contributed by atoms with Crippen molar-refractivity contribution < 1.29 is 9.59 Å². The van der Waals surface area contributed by atoms with Crippen molar-refractivity contribution in [3.8, 4) is 0 Å². The van der Waals surface area contributed by atoms with Crippen molar-refractivity contribution in [3.63, 3.8) is 0 Å². The highest BCUT2D eigenvalue weighted by Crippen LogP contribution is 2.23. The summed E-state index contributed by atoms with van der Waals surface area (Å²) in [6, 6.07) is 8.02. The average molecular weight is 288 g/mol. The van der Waals surface area contributed by atoms with Crippen LogP contribution in [0.15, 0.2) is 24.3 Å². The van der Waals surface area contributed by atoms with Crippen LogP contribution >= 0.6 is 0 Å². The van der Waals surface area contributed by atoms with Crippen LogP contribution in [0.2, 0.25) is 0 Å². The van der Waals surface area contributed by atoms with Gasteiger partial charge in [-0.1, -0.05) is 49.6 Å². The largest absolute Gasteiger partial charge is 0.345 e. The van der Waals surface area contributed by atoms with E-state index in [0.29, 0.717) is 12.5 Å². The van der Waals surface area contributed by atoms with E-state index >= 15 is 0 Å². The number of carbonyl (C=O) groups excluding carboxylic acids is 2. The monoisotopic (exact) mass is 288 g/mol. The van der Waals surface area contributed by atoms with Crippen LogP contribution in [0.3, 0.4) is 0 Å². The summed E-state index contributed by atoms with van der Waals surface area (Å²) >= 11 is 0. The van der Waals surface area contributed by atoms with E-state index in [0.717, 1.165) is 30.4 Å². The van der Waals surface area contributed by atoms with Crippen LogP contribution in [-0.2, 0) is 16.1 Å². The lowest BCUT2D eigenvalue weighted by Crippen LogP contribution is -2.47. The number of aryl methyl sites for hydroxylation is 1. The lowest BCUT2D eigenvalue weighted by molar-refractivity contribution is -0.140. The molecule has 1 aliphatic carbocycles. The minimum Gasteiger partial charge on any atom is -0.345 e. The van der Waals surface area contributed by atoms with Gasteiger partial charge in [0.25, 0.3) is 0 Å². The van der Waals surface area contributed by atoms with Crippen molar-refractivity contribution in [1.29, 1.82) is 0 Å². The lowest BCUT2D eigenvalue weighted by Gasteiger charge is -2.29. The van der Waals surface area contributed by atoms with Crippen LogP contribution in [0, 0.1) is 12.8 Å². The van der Waals surface area contributed by atoms with Gasteiger partial charge in [-0.3, -0.25) is 9.59 Å². The maximum atomic E-state index is 11.9. The fraction of sp³-hybridized carbons (Fsp3) is 0.529. The van der Waals surface area contributed by atoms with Gasteiger partial charge in [-0.25, -0.2) is 0 Å². The Morgan fingerprint density at radius 1 is 1.19 bits per heavy atom. The molecule has 1 saturated carbocycles. The van der Waals surface area contributed by atoms with Crippen molar-refractivity contribution in [2.24, 2.45) is 5.92 Å². The molecule has 0 aliphatic heterocycles. The lowest BCUT2D eigenvalue weighted by atomic mass is 9.86. The van der Waals surface area contributed by atoms with E-state index in [1.807, 2.05) is 31.2 Å². The Labute approximate surface area is 126 Å². The van der Waals surface area contributed by atoms with E-state index in [4.69, 9.17) is 0 Å². The summed E-state index contributed by atoms with van der Waals surface area (Å²) in [5.41, 5.74) is 2.14. The molecule has 2 rings (SSSR count). The molecule has 2 N–H and O–H groups in total. The fourth-order valence-electron chi connectivity index (χ4n) is 2.85. The zero-order chi connectivity index (χ0) is 15.2. The number of benzene rings is 1. The van der Waals surface area contributed by atoms with Crippen LogP contribution in [0.25, 0.3) is 0 Å². The fourth-order valence-corrected chi connectivity index (χ4v) is 2.85. The van der Waals surface area contributed by atoms with Gasteiger partial charge in [0.2, 0.25) is 0 Å². The minimum absolute atomic E-state index is 0.135. The summed E-state index contributed by atoms with van der Waals surface area (Å²) in [5, 5.41) is 5.54. The van der Waals surface area contributed by atoms with Gasteiger partial charge < -0.3 is 10.6 Å². The first-order valence-electron chi connectivity index (χ1n) is 7.70. The summed E-state index contributed by atoms with van der Waals surface area (Å²) in [7, 11) is 0.